The van der Waals surface area contributed by atoms with Gasteiger partial charge < -0.3 is 5.32 Å². The highest BCUT2D eigenvalue weighted by Crippen LogP contribution is 2.16. The third kappa shape index (κ3) is 2.35. The van der Waals surface area contributed by atoms with Crippen LogP contribution in [-0.4, -0.2) is 54.0 Å². The third-order valence-corrected chi connectivity index (χ3v) is 3.44. The normalized spacial score (nSPS) is 26.9. The monoisotopic (exact) mass is 225 g/mol. The zero-order valence-electron chi connectivity index (χ0n) is 9.74. The molecule has 90 valence electrons. The van der Waals surface area contributed by atoms with Gasteiger partial charge in [0.15, 0.2) is 0 Å². The Balaban J connectivity index is 1.88. The van der Waals surface area contributed by atoms with Gasteiger partial charge in [0, 0.05) is 19.1 Å². The van der Waals surface area contributed by atoms with Crippen LogP contribution in [0.15, 0.2) is 0 Å². The molecule has 0 aromatic heterocycles. The van der Waals surface area contributed by atoms with Crippen LogP contribution < -0.4 is 5.32 Å². The quantitative estimate of drug-likeness (QED) is 0.740. The van der Waals surface area contributed by atoms with Gasteiger partial charge in [-0.05, 0) is 26.3 Å². The third-order valence-electron chi connectivity index (χ3n) is 3.44. The number of urea groups is 1. The fourth-order valence-corrected chi connectivity index (χ4v) is 2.36. The summed E-state index contributed by atoms with van der Waals surface area (Å²) in [7, 11) is 0. The second-order valence-electron chi connectivity index (χ2n) is 4.59. The summed E-state index contributed by atoms with van der Waals surface area (Å²) in [5.41, 5.74) is 0. The number of amides is 3. The number of nitrogens with one attached hydrogen (secondary N) is 1. The largest absolute Gasteiger partial charge is 0.336 e. The lowest BCUT2D eigenvalue weighted by Crippen LogP contribution is -2.46. The molecule has 3 amide bonds. The van der Waals surface area contributed by atoms with E-state index in [0.717, 1.165) is 19.4 Å². The maximum Gasteiger partial charge on any atom is 0.324 e. The summed E-state index contributed by atoms with van der Waals surface area (Å²) in [5, 5.41) is 2.65. The first-order valence-electron chi connectivity index (χ1n) is 6.01. The van der Waals surface area contributed by atoms with E-state index in [2.05, 4.69) is 17.1 Å². The lowest BCUT2D eigenvalue weighted by Gasteiger charge is -2.33. The SMILES string of the molecule is C[C@H]1CCCCN1CC(=O)N1CCNC1=O. The Kier molecular flexibility index (Phi) is 3.43. The standard InChI is InChI=1S/C11H19N3O2/c1-9-4-2-3-6-13(9)8-10(15)14-7-5-12-11(14)16/h9H,2-8H2,1H3,(H,12,16)/t9-/m0/s1. The summed E-state index contributed by atoms with van der Waals surface area (Å²) in [6.45, 7) is 4.60. The van der Waals surface area contributed by atoms with E-state index in [-0.39, 0.29) is 11.9 Å². The van der Waals surface area contributed by atoms with E-state index in [1.54, 1.807) is 0 Å². The van der Waals surface area contributed by atoms with Crippen molar-refractivity contribution in [3.63, 3.8) is 0 Å². The van der Waals surface area contributed by atoms with Crippen molar-refractivity contribution < 1.29 is 9.59 Å². The van der Waals surface area contributed by atoms with Crippen LogP contribution in [0.4, 0.5) is 4.79 Å². The second-order valence-corrected chi connectivity index (χ2v) is 4.59. The molecule has 5 heteroatoms. The van der Waals surface area contributed by atoms with Gasteiger partial charge in [-0.2, -0.15) is 0 Å². The molecule has 2 fully saturated rings. The molecule has 2 heterocycles. The van der Waals surface area contributed by atoms with E-state index < -0.39 is 0 Å². The molecule has 0 bridgehead atoms. The highest BCUT2D eigenvalue weighted by molar-refractivity contribution is 5.96. The number of rotatable bonds is 2. The van der Waals surface area contributed by atoms with Crippen LogP contribution in [0.2, 0.25) is 0 Å². The number of carbonyl (C=O) groups is 2. The smallest absolute Gasteiger partial charge is 0.324 e. The van der Waals surface area contributed by atoms with Crippen LogP contribution >= 0.6 is 0 Å². The predicted octanol–water partition coefficient (Wildman–Crippen LogP) is 0.413. The van der Waals surface area contributed by atoms with Crippen LogP contribution in [0, 0.1) is 0 Å². The zero-order valence-corrected chi connectivity index (χ0v) is 9.74. The lowest BCUT2D eigenvalue weighted by molar-refractivity contribution is -0.129. The minimum atomic E-state index is -0.241. The van der Waals surface area contributed by atoms with Crippen molar-refractivity contribution in [2.45, 2.75) is 32.2 Å². The lowest BCUT2D eigenvalue weighted by atomic mass is 10.0. The Bertz CT molecular complexity index is 293. The molecule has 2 aliphatic rings. The first kappa shape index (κ1) is 11.4. The molecule has 2 aliphatic heterocycles. The van der Waals surface area contributed by atoms with E-state index in [9.17, 15) is 9.59 Å². The highest BCUT2D eigenvalue weighted by Gasteiger charge is 2.29. The minimum Gasteiger partial charge on any atom is -0.336 e. The summed E-state index contributed by atoms with van der Waals surface area (Å²) >= 11 is 0. The van der Waals surface area contributed by atoms with Crippen molar-refractivity contribution in [3.05, 3.63) is 0 Å². The van der Waals surface area contributed by atoms with E-state index in [1.807, 2.05) is 0 Å². The molecule has 0 aliphatic carbocycles. The Morgan fingerprint density at radius 3 is 2.88 bits per heavy atom. The van der Waals surface area contributed by atoms with Gasteiger partial charge in [0.1, 0.15) is 0 Å². The van der Waals surface area contributed by atoms with Crippen molar-refractivity contribution in [1.29, 1.82) is 0 Å². The van der Waals surface area contributed by atoms with Crippen molar-refractivity contribution in [1.82, 2.24) is 15.1 Å². The summed E-state index contributed by atoms with van der Waals surface area (Å²) in [5.74, 6) is -0.0660. The van der Waals surface area contributed by atoms with E-state index in [0.29, 0.717) is 25.7 Å². The summed E-state index contributed by atoms with van der Waals surface area (Å²) in [6, 6.07) is 0.220. The van der Waals surface area contributed by atoms with Gasteiger partial charge >= 0.3 is 6.03 Å². The minimum absolute atomic E-state index is 0.0660. The molecular weight excluding hydrogens is 206 g/mol. The van der Waals surface area contributed by atoms with Crippen molar-refractivity contribution in [2.75, 3.05) is 26.2 Å². The van der Waals surface area contributed by atoms with Gasteiger partial charge in [-0.15, -0.1) is 0 Å². The van der Waals surface area contributed by atoms with Crippen molar-refractivity contribution >= 4 is 11.9 Å². The van der Waals surface area contributed by atoms with Crippen LogP contribution in [0.5, 0.6) is 0 Å². The van der Waals surface area contributed by atoms with Gasteiger partial charge in [-0.25, -0.2) is 4.79 Å². The predicted molar refractivity (Wildman–Crippen MR) is 60.0 cm³/mol. The Labute approximate surface area is 95.8 Å². The molecule has 0 saturated carbocycles. The number of imide groups is 1. The Hall–Kier alpha value is -1.10. The molecule has 2 saturated heterocycles. The van der Waals surface area contributed by atoms with Gasteiger partial charge in [0.05, 0.1) is 6.54 Å². The number of nitrogens with zero attached hydrogens (tertiary/aromatic N) is 2. The molecule has 0 radical (unpaired) electrons. The molecule has 0 spiro atoms. The molecule has 1 N–H and O–H groups in total. The highest BCUT2D eigenvalue weighted by atomic mass is 16.2. The molecule has 0 unspecified atom stereocenters. The molecule has 0 aromatic carbocycles. The Morgan fingerprint density at radius 2 is 2.25 bits per heavy atom. The maximum atomic E-state index is 11.9. The fourth-order valence-electron chi connectivity index (χ4n) is 2.36. The molecule has 5 nitrogen and oxygen atoms in total. The molecule has 16 heavy (non-hydrogen) atoms. The fraction of sp³-hybridized carbons (Fsp3) is 0.818. The van der Waals surface area contributed by atoms with Crippen molar-refractivity contribution in [2.24, 2.45) is 0 Å². The average molecular weight is 225 g/mol. The molecule has 2 rings (SSSR count). The van der Waals surface area contributed by atoms with Gasteiger partial charge in [0.25, 0.3) is 0 Å². The van der Waals surface area contributed by atoms with Crippen LogP contribution in [0.1, 0.15) is 26.2 Å². The van der Waals surface area contributed by atoms with Crippen molar-refractivity contribution in [3.8, 4) is 0 Å². The summed E-state index contributed by atoms with van der Waals surface area (Å²) in [6.07, 6.45) is 3.55. The topological polar surface area (TPSA) is 52.7 Å². The molecule has 0 aromatic rings. The van der Waals surface area contributed by atoms with Crippen LogP contribution in [0.25, 0.3) is 0 Å². The Morgan fingerprint density at radius 1 is 1.44 bits per heavy atom. The van der Waals surface area contributed by atoms with Gasteiger partial charge in [-0.1, -0.05) is 6.42 Å². The average Bonchev–Trinajstić information content (AvgIpc) is 2.68. The van der Waals surface area contributed by atoms with Gasteiger partial charge in [0.2, 0.25) is 5.91 Å². The summed E-state index contributed by atoms with van der Waals surface area (Å²) in [4.78, 5) is 26.7. The number of likely N-dealkylation sites (tertiary alicyclic amines) is 1. The number of hydrogen-bond donors (Lipinski definition) is 1. The second kappa shape index (κ2) is 4.82. The first-order valence-corrected chi connectivity index (χ1v) is 6.01. The van der Waals surface area contributed by atoms with Crippen LogP contribution in [0.3, 0.4) is 0 Å². The first-order chi connectivity index (χ1) is 7.68. The number of piperidine rings is 1. The van der Waals surface area contributed by atoms with Gasteiger partial charge in [-0.3, -0.25) is 14.6 Å². The van der Waals surface area contributed by atoms with E-state index >= 15 is 0 Å². The van der Waals surface area contributed by atoms with E-state index in [4.69, 9.17) is 0 Å². The number of carbonyl (C=O) groups excluding carboxylic acids is 2. The zero-order chi connectivity index (χ0) is 11.5. The molecular formula is C11H19N3O2. The van der Waals surface area contributed by atoms with E-state index in [1.165, 1.54) is 11.3 Å². The number of hydrogen-bond acceptors (Lipinski definition) is 3. The maximum absolute atomic E-state index is 11.9. The molecule has 1 atom stereocenters. The van der Waals surface area contributed by atoms with Crippen LogP contribution in [-0.2, 0) is 4.79 Å². The summed E-state index contributed by atoms with van der Waals surface area (Å²) < 4.78 is 0.